The SMILES string of the molecule is N#Cc1cccc(-c2cc(O)c(C([NH])=O)c3ncnn23)c1. The second-order valence-corrected chi connectivity index (χ2v) is 4.31. The van der Waals surface area contributed by atoms with Crippen LogP contribution in [0.3, 0.4) is 0 Å². The lowest BCUT2D eigenvalue weighted by atomic mass is 10.1. The van der Waals surface area contributed by atoms with Crippen LogP contribution in [0.1, 0.15) is 15.9 Å². The fraction of sp³-hybridized carbons (Fsp3) is 0. The average Bonchev–Trinajstić information content (AvgIpc) is 2.94. The molecule has 7 nitrogen and oxygen atoms in total. The second kappa shape index (κ2) is 4.61. The van der Waals surface area contributed by atoms with E-state index in [-0.39, 0.29) is 17.0 Å². The minimum atomic E-state index is -1.04. The minimum absolute atomic E-state index is 0.104. The molecule has 0 bridgehead atoms. The van der Waals surface area contributed by atoms with Gasteiger partial charge in [0, 0.05) is 11.6 Å². The normalized spacial score (nSPS) is 10.4. The van der Waals surface area contributed by atoms with Gasteiger partial charge in [0.05, 0.1) is 17.3 Å². The van der Waals surface area contributed by atoms with Crippen molar-refractivity contribution in [2.45, 2.75) is 0 Å². The number of aromatic nitrogens is 3. The van der Waals surface area contributed by atoms with Gasteiger partial charge in [-0.25, -0.2) is 9.50 Å². The molecule has 0 fully saturated rings. The Kier molecular flexibility index (Phi) is 2.77. The first kappa shape index (κ1) is 12.6. The maximum absolute atomic E-state index is 11.3. The summed E-state index contributed by atoms with van der Waals surface area (Å²) in [6.07, 6.45) is 1.23. The molecule has 21 heavy (non-hydrogen) atoms. The molecule has 1 amide bonds. The van der Waals surface area contributed by atoms with Crippen molar-refractivity contribution in [3.8, 4) is 23.1 Å². The van der Waals surface area contributed by atoms with Gasteiger partial charge in [-0.05, 0) is 12.1 Å². The van der Waals surface area contributed by atoms with Crippen LogP contribution in [0, 0.1) is 11.3 Å². The predicted molar refractivity (Wildman–Crippen MR) is 72.2 cm³/mol. The summed E-state index contributed by atoms with van der Waals surface area (Å²) in [4.78, 5) is 15.2. The third-order valence-corrected chi connectivity index (χ3v) is 3.04. The summed E-state index contributed by atoms with van der Waals surface area (Å²) < 4.78 is 1.36. The molecular weight excluding hydrogens is 270 g/mol. The molecule has 7 heteroatoms. The first-order valence-electron chi connectivity index (χ1n) is 5.94. The maximum atomic E-state index is 11.3. The zero-order valence-electron chi connectivity index (χ0n) is 10.6. The van der Waals surface area contributed by atoms with E-state index in [4.69, 9.17) is 11.0 Å². The zero-order chi connectivity index (χ0) is 15.0. The Balaban J connectivity index is 2.34. The van der Waals surface area contributed by atoms with Gasteiger partial charge in [0.1, 0.15) is 17.6 Å². The van der Waals surface area contributed by atoms with Crippen molar-refractivity contribution in [2.24, 2.45) is 0 Å². The number of fused-ring (bicyclic) bond motifs is 1. The van der Waals surface area contributed by atoms with Gasteiger partial charge >= 0.3 is 0 Å². The lowest BCUT2D eigenvalue weighted by Gasteiger charge is -2.08. The monoisotopic (exact) mass is 278 g/mol. The van der Waals surface area contributed by atoms with Gasteiger partial charge in [-0.1, -0.05) is 12.1 Å². The molecule has 1 aromatic carbocycles. The van der Waals surface area contributed by atoms with Gasteiger partial charge in [-0.2, -0.15) is 10.4 Å². The highest BCUT2D eigenvalue weighted by Crippen LogP contribution is 2.29. The summed E-state index contributed by atoms with van der Waals surface area (Å²) in [6.45, 7) is 0. The van der Waals surface area contributed by atoms with Crippen LogP contribution in [-0.4, -0.2) is 25.6 Å². The molecule has 3 rings (SSSR count). The Hall–Kier alpha value is -3.40. The Bertz CT molecular complexity index is 907. The topological polar surface area (TPSA) is 115 Å². The Labute approximate surface area is 118 Å². The summed E-state index contributed by atoms with van der Waals surface area (Å²) in [7, 11) is 0. The summed E-state index contributed by atoms with van der Waals surface area (Å²) in [5.41, 5.74) is 8.67. The van der Waals surface area contributed by atoms with E-state index < -0.39 is 5.91 Å². The van der Waals surface area contributed by atoms with E-state index in [0.717, 1.165) is 0 Å². The largest absolute Gasteiger partial charge is 0.507 e. The number of rotatable bonds is 2. The van der Waals surface area contributed by atoms with Crippen LogP contribution < -0.4 is 5.73 Å². The Morgan fingerprint density at radius 3 is 2.90 bits per heavy atom. The lowest BCUT2D eigenvalue weighted by molar-refractivity contribution is 0.0990. The molecule has 0 spiro atoms. The standard InChI is InChI=1S/C14H8N5O2/c15-6-8-2-1-3-9(4-8)10-5-11(20)12(13(16)21)14-17-7-18-19(10)14/h1-5,7,16,20H. The quantitative estimate of drug-likeness (QED) is 0.760. The number of pyridine rings is 1. The molecular formula is C14H8N5O2. The fourth-order valence-electron chi connectivity index (χ4n) is 2.14. The molecule has 0 aliphatic rings. The van der Waals surface area contributed by atoms with E-state index in [1.807, 2.05) is 6.07 Å². The van der Waals surface area contributed by atoms with Gasteiger partial charge in [0.25, 0.3) is 5.91 Å². The van der Waals surface area contributed by atoms with Crippen molar-refractivity contribution < 1.29 is 9.90 Å². The summed E-state index contributed by atoms with van der Waals surface area (Å²) in [6, 6.07) is 10.1. The first-order chi connectivity index (χ1) is 10.1. The third kappa shape index (κ3) is 1.95. The van der Waals surface area contributed by atoms with Gasteiger partial charge in [0.2, 0.25) is 0 Å². The smallest absolute Gasteiger partial charge is 0.277 e. The number of hydrogen-bond donors (Lipinski definition) is 1. The van der Waals surface area contributed by atoms with E-state index in [9.17, 15) is 9.90 Å². The summed E-state index contributed by atoms with van der Waals surface area (Å²) in [5, 5.41) is 22.9. The molecule has 0 atom stereocenters. The van der Waals surface area contributed by atoms with Crippen molar-refractivity contribution in [3.05, 3.63) is 47.8 Å². The molecule has 2 heterocycles. The molecule has 0 unspecified atom stereocenters. The van der Waals surface area contributed by atoms with Crippen LogP contribution in [0.25, 0.3) is 16.9 Å². The van der Waals surface area contributed by atoms with E-state index in [2.05, 4.69) is 10.1 Å². The van der Waals surface area contributed by atoms with Crippen molar-refractivity contribution in [2.75, 3.05) is 0 Å². The molecule has 0 aliphatic heterocycles. The van der Waals surface area contributed by atoms with Crippen molar-refractivity contribution in [1.29, 1.82) is 5.26 Å². The molecule has 0 saturated carbocycles. The van der Waals surface area contributed by atoms with Crippen LogP contribution in [0.5, 0.6) is 5.75 Å². The number of nitrogens with one attached hydrogen (secondary N) is 1. The number of benzene rings is 1. The second-order valence-electron chi connectivity index (χ2n) is 4.31. The highest BCUT2D eigenvalue weighted by molar-refractivity contribution is 6.01. The number of nitrogens with zero attached hydrogens (tertiary/aromatic N) is 4. The molecule has 101 valence electrons. The van der Waals surface area contributed by atoms with Crippen molar-refractivity contribution in [1.82, 2.24) is 20.3 Å². The van der Waals surface area contributed by atoms with Crippen molar-refractivity contribution >= 4 is 11.6 Å². The van der Waals surface area contributed by atoms with Gasteiger partial charge in [0.15, 0.2) is 5.65 Å². The van der Waals surface area contributed by atoms with Crippen LogP contribution in [0.2, 0.25) is 0 Å². The lowest BCUT2D eigenvalue weighted by Crippen LogP contribution is -2.06. The summed E-state index contributed by atoms with van der Waals surface area (Å²) >= 11 is 0. The first-order valence-corrected chi connectivity index (χ1v) is 5.94. The molecule has 3 aromatic rings. The van der Waals surface area contributed by atoms with Gasteiger partial charge < -0.3 is 5.11 Å². The number of aromatic hydroxyl groups is 1. The van der Waals surface area contributed by atoms with Gasteiger partial charge in [-0.15, -0.1) is 0 Å². The fourth-order valence-corrected chi connectivity index (χ4v) is 2.14. The summed E-state index contributed by atoms with van der Waals surface area (Å²) in [5.74, 6) is -1.38. The van der Waals surface area contributed by atoms with Crippen LogP contribution in [0.15, 0.2) is 36.7 Å². The highest BCUT2D eigenvalue weighted by Gasteiger charge is 2.19. The average molecular weight is 278 g/mol. The van der Waals surface area contributed by atoms with Crippen molar-refractivity contribution in [3.63, 3.8) is 0 Å². The number of nitriles is 1. The Morgan fingerprint density at radius 1 is 1.38 bits per heavy atom. The van der Waals surface area contributed by atoms with E-state index in [0.29, 0.717) is 16.8 Å². The Morgan fingerprint density at radius 2 is 2.19 bits per heavy atom. The van der Waals surface area contributed by atoms with E-state index in [1.165, 1.54) is 16.9 Å². The maximum Gasteiger partial charge on any atom is 0.277 e. The number of amides is 1. The molecule has 1 radical (unpaired) electrons. The van der Waals surface area contributed by atoms with Crippen LogP contribution >= 0.6 is 0 Å². The minimum Gasteiger partial charge on any atom is -0.507 e. The molecule has 0 aliphatic carbocycles. The zero-order valence-corrected chi connectivity index (χ0v) is 10.6. The van der Waals surface area contributed by atoms with Crippen LogP contribution in [-0.2, 0) is 0 Å². The highest BCUT2D eigenvalue weighted by atomic mass is 16.3. The third-order valence-electron chi connectivity index (χ3n) is 3.04. The predicted octanol–water partition coefficient (Wildman–Crippen LogP) is 1.40. The van der Waals surface area contributed by atoms with Crippen LogP contribution in [0.4, 0.5) is 0 Å². The van der Waals surface area contributed by atoms with E-state index in [1.54, 1.807) is 24.3 Å². The number of carbonyl (C=O) groups excluding carboxylic acids is 1. The number of hydrogen-bond acceptors (Lipinski definition) is 5. The molecule has 2 aromatic heterocycles. The molecule has 2 N–H and O–H groups in total. The molecule has 0 saturated heterocycles. The van der Waals surface area contributed by atoms with Gasteiger partial charge in [-0.3, -0.25) is 10.5 Å². The number of carbonyl (C=O) groups is 1. The van der Waals surface area contributed by atoms with E-state index >= 15 is 0 Å².